The second kappa shape index (κ2) is 4.77. The normalized spacial score (nSPS) is 15.4. The largest absolute Gasteiger partial charge is 0.350 e. The Morgan fingerprint density at radius 3 is 2.89 bits per heavy atom. The maximum Gasteiger partial charge on any atom is 0.0480 e. The fourth-order valence-corrected chi connectivity index (χ4v) is 2.64. The molecule has 0 spiro atoms. The number of benzene rings is 1. The molecular formula is C16H22N2. The summed E-state index contributed by atoms with van der Waals surface area (Å²) in [6.45, 7) is 3.33. The predicted octanol–water partition coefficient (Wildman–Crippen LogP) is 3.04. The van der Waals surface area contributed by atoms with Gasteiger partial charge in [-0.05, 0) is 55.5 Å². The van der Waals surface area contributed by atoms with Gasteiger partial charge in [-0.15, -0.1) is 0 Å². The highest BCUT2D eigenvalue weighted by molar-refractivity contribution is 5.84. The molecule has 0 bridgehead atoms. The Morgan fingerprint density at radius 1 is 1.33 bits per heavy atom. The van der Waals surface area contributed by atoms with Gasteiger partial charge in [0.05, 0.1) is 0 Å². The second-order valence-electron chi connectivity index (χ2n) is 5.45. The third-order valence-corrected chi connectivity index (χ3v) is 3.95. The van der Waals surface area contributed by atoms with E-state index in [0.717, 1.165) is 25.4 Å². The van der Waals surface area contributed by atoms with E-state index in [1.165, 1.54) is 34.9 Å². The topological polar surface area (TPSA) is 17.0 Å². The molecule has 1 aliphatic rings. The first-order valence-electron chi connectivity index (χ1n) is 7.08. The Labute approximate surface area is 109 Å². The van der Waals surface area contributed by atoms with Crippen molar-refractivity contribution in [1.29, 1.82) is 0 Å². The summed E-state index contributed by atoms with van der Waals surface area (Å²) in [6.07, 6.45) is 7.29. The van der Waals surface area contributed by atoms with Crippen LogP contribution in [-0.2, 0) is 19.9 Å². The summed E-state index contributed by atoms with van der Waals surface area (Å²) in [7, 11) is 2.14. The van der Waals surface area contributed by atoms with E-state index in [4.69, 9.17) is 0 Å². The van der Waals surface area contributed by atoms with Gasteiger partial charge in [0.1, 0.15) is 0 Å². The molecule has 0 saturated heterocycles. The van der Waals surface area contributed by atoms with Crippen LogP contribution in [-0.4, -0.2) is 17.2 Å². The molecule has 1 saturated carbocycles. The molecule has 1 N–H and O–H groups in total. The van der Waals surface area contributed by atoms with Crippen molar-refractivity contribution >= 4 is 10.9 Å². The first kappa shape index (κ1) is 11.8. The van der Waals surface area contributed by atoms with Crippen LogP contribution in [0.4, 0.5) is 0 Å². The molecule has 96 valence electrons. The van der Waals surface area contributed by atoms with Gasteiger partial charge in [-0.25, -0.2) is 0 Å². The molecule has 2 heteroatoms. The molecule has 1 aliphatic carbocycles. The van der Waals surface area contributed by atoms with Gasteiger partial charge in [-0.3, -0.25) is 0 Å². The van der Waals surface area contributed by atoms with Gasteiger partial charge >= 0.3 is 0 Å². The Bertz CT molecular complexity index is 549. The van der Waals surface area contributed by atoms with Crippen LogP contribution in [0.25, 0.3) is 10.9 Å². The molecule has 0 unspecified atom stereocenters. The Balaban J connectivity index is 1.84. The van der Waals surface area contributed by atoms with Crippen LogP contribution in [0.15, 0.2) is 24.4 Å². The van der Waals surface area contributed by atoms with E-state index in [9.17, 15) is 0 Å². The Hall–Kier alpha value is -1.28. The summed E-state index contributed by atoms with van der Waals surface area (Å²) in [4.78, 5) is 0. The fourth-order valence-electron chi connectivity index (χ4n) is 2.64. The summed E-state index contributed by atoms with van der Waals surface area (Å²) in [5.41, 5.74) is 4.27. The first-order chi connectivity index (χ1) is 8.78. The quantitative estimate of drug-likeness (QED) is 0.852. The molecule has 1 aromatic carbocycles. The van der Waals surface area contributed by atoms with E-state index in [-0.39, 0.29) is 0 Å². The number of hydrogen-bond donors (Lipinski definition) is 1. The Kier molecular flexibility index (Phi) is 3.13. The highest BCUT2D eigenvalue weighted by Crippen LogP contribution is 2.23. The van der Waals surface area contributed by atoms with Gasteiger partial charge in [-0.1, -0.05) is 13.0 Å². The molecule has 0 radical (unpaired) electrons. The molecule has 1 aromatic heterocycles. The van der Waals surface area contributed by atoms with Crippen LogP contribution in [0.1, 0.15) is 30.9 Å². The average Bonchev–Trinajstić information content (AvgIpc) is 3.15. The van der Waals surface area contributed by atoms with E-state index in [1.807, 2.05) is 0 Å². The zero-order valence-electron chi connectivity index (χ0n) is 11.4. The molecule has 0 aliphatic heterocycles. The minimum absolute atomic E-state index is 0.811. The van der Waals surface area contributed by atoms with Crippen molar-refractivity contribution in [1.82, 2.24) is 9.88 Å². The monoisotopic (exact) mass is 242 g/mol. The summed E-state index contributed by atoms with van der Waals surface area (Å²) in [6, 6.07) is 7.67. The number of nitrogens with one attached hydrogen (secondary N) is 1. The molecule has 1 fully saturated rings. The molecule has 0 amide bonds. The molecule has 18 heavy (non-hydrogen) atoms. The molecular weight excluding hydrogens is 220 g/mol. The van der Waals surface area contributed by atoms with Crippen molar-refractivity contribution < 1.29 is 0 Å². The van der Waals surface area contributed by atoms with Crippen LogP contribution in [0.5, 0.6) is 0 Å². The lowest BCUT2D eigenvalue weighted by molar-refractivity contribution is 0.682. The number of nitrogens with zero attached hydrogens (tertiary/aromatic N) is 1. The van der Waals surface area contributed by atoms with E-state index in [1.54, 1.807) is 0 Å². The standard InChI is InChI=1S/C16H22N2/c1-3-12-4-7-16-15(10-12)13(11-18(16)2)8-9-17-14-5-6-14/h4,7,10-11,14,17H,3,5-6,8-9H2,1-2H3. The lowest BCUT2D eigenvalue weighted by Crippen LogP contribution is -2.19. The highest BCUT2D eigenvalue weighted by Gasteiger charge is 2.19. The lowest BCUT2D eigenvalue weighted by Gasteiger charge is -2.03. The van der Waals surface area contributed by atoms with Gasteiger partial charge in [-0.2, -0.15) is 0 Å². The van der Waals surface area contributed by atoms with E-state index in [0.29, 0.717) is 0 Å². The summed E-state index contributed by atoms with van der Waals surface area (Å²) in [5, 5.41) is 5.04. The molecule has 0 atom stereocenters. The summed E-state index contributed by atoms with van der Waals surface area (Å²) in [5.74, 6) is 0. The van der Waals surface area contributed by atoms with Gasteiger partial charge in [0, 0.05) is 30.2 Å². The second-order valence-corrected chi connectivity index (χ2v) is 5.45. The lowest BCUT2D eigenvalue weighted by atomic mass is 10.1. The van der Waals surface area contributed by atoms with Gasteiger partial charge < -0.3 is 9.88 Å². The smallest absolute Gasteiger partial charge is 0.0480 e. The number of rotatable bonds is 5. The van der Waals surface area contributed by atoms with Crippen LogP contribution >= 0.6 is 0 Å². The highest BCUT2D eigenvalue weighted by atomic mass is 14.9. The molecule has 1 heterocycles. The van der Waals surface area contributed by atoms with Crippen molar-refractivity contribution in [3.63, 3.8) is 0 Å². The third-order valence-electron chi connectivity index (χ3n) is 3.95. The maximum absolute atomic E-state index is 3.60. The van der Waals surface area contributed by atoms with Crippen molar-refractivity contribution in [2.45, 2.75) is 38.6 Å². The van der Waals surface area contributed by atoms with Crippen LogP contribution in [0.3, 0.4) is 0 Å². The van der Waals surface area contributed by atoms with Crippen molar-refractivity contribution in [3.8, 4) is 0 Å². The van der Waals surface area contributed by atoms with Crippen molar-refractivity contribution in [3.05, 3.63) is 35.5 Å². The van der Waals surface area contributed by atoms with E-state index in [2.05, 4.69) is 48.3 Å². The number of aromatic nitrogens is 1. The van der Waals surface area contributed by atoms with Crippen molar-refractivity contribution in [2.24, 2.45) is 7.05 Å². The number of aryl methyl sites for hydroxylation is 2. The molecule has 2 aromatic rings. The van der Waals surface area contributed by atoms with Gasteiger partial charge in [0.15, 0.2) is 0 Å². The fraction of sp³-hybridized carbons (Fsp3) is 0.500. The predicted molar refractivity (Wildman–Crippen MR) is 77.0 cm³/mol. The van der Waals surface area contributed by atoms with Crippen LogP contribution in [0.2, 0.25) is 0 Å². The van der Waals surface area contributed by atoms with Crippen molar-refractivity contribution in [2.75, 3.05) is 6.54 Å². The van der Waals surface area contributed by atoms with Gasteiger partial charge in [0.2, 0.25) is 0 Å². The summed E-state index contributed by atoms with van der Waals surface area (Å²) >= 11 is 0. The number of fused-ring (bicyclic) bond motifs is 1. The minimum atomic E-state index is 0.811. The zero-order chi connectivity index (χ0) is 12.5. The van der Waals surface area contributed by atoms with Crippen LogP contribution < -0.4 is 5.32 Å². The van der Waals surface area contributed by atoms with Crippen LogP contribution in [0, 0.1) is 0 Å². The minimum Gasteiger partial charge on any atom is -0.350 e. The van der Waals surface area contributed by atoms with E-state index >= 15 is 0 Å². The zero-order valence-corrected chi connectivity index (χ0v) is 11.4. The van der Waals surface area contributed by atoms with Gasteiger partial charge in [0.25, 0.3) is 0 Å². The summed E-state index contributed by atoms with van der Waals surface area (Å²) < 4.78 is 2.25. The van der Waals surface area contributed by atoms with E-state index < -0.39 is 0 Å². The average molecular weight is 242 g/mol. The Morgan fingerprint density at radius 2 is 2.17 bits per heavy atom. The maximum atomic E-state index is 3.60. The number of hydrogen-bond acceptors (Lipinski definition) is 1. The first-order valence-corrected chi connectivity index (χ1v) is 7.08. The SMILES string of the molecule is CCc1ccc2c(c1)c(CCNC1CC1)cn2C. The molecule has 3 rings (SSSR count). The molecule has 2 nitrogen and oxygen atoms in total. The third kappa shape index (κ3) is 2.30.